The number of hydrogen-bond donors (Lipinski definition) is 0. The number of Topliss-reactive ketones (excluding diaryl/α,β-unsaturated/α-hetero) is 2. The number of esters is 1. The van der Waals surface area contributed by atoms with E-state index in [1.54, 1.807) is 12.1 Å². The third kappa shape index (κ3) is 4.12. The van der Waals surface area contributed by atoms with Crippen molar-refractivity contribution in [1.29, 1.82) is 0 Å². The number of carbonyl (C=O) groups is 3. The number of methoxy groups -OCH3 is 1. The van der Waals surface area contributed by atoms with Crippen molar-refractivity contribution in [3.05, 3.63) is 59.2 Å². The molecule has 1 unspecified atom stereocenters. The maximum absolute atomic E-state index is 13.4. The van der Waals surface area contributed by atoms with Gasteiger partial charge in [0, 0.05) is 29.1 Å². The molecule has 2 aromatic carbocycles. The zero-order valence-electron chi connectivity index (χ0n) is 14.9. The molecule has 146 valence electrons. The average Bonchev–Trinajstić information content (AvgIpc) is 2.70. The Kier molecular flexibility index (Phi) is 6.51. The van der Waals surface area contributed by atoms with Crippen LogP contribution in [0.15, 0.2) is 46.2 Å². The predicted molar refractivity (Wildman–Crippen MR) is 103 cm³/mol. The molecule has 4 rings (SSSR count). The second kappa shape index (κ2) is 8.87. The van der Waals surface area contributed by atoms with Crippen molar-refractivity contribution in [3.63, 3.8) is 0 Å². The summed E-state index contributed by atoms with van der Waals surface area (Å²) in [6, 6.07) is 8.96. The molecule has 4 nitrogen and oxygen atoms in total. The van der Waals surface area contributed by atoms with Gasteiger partial charge in [0.25, 0.3) is 0 Å². The van der Waals surface area contributed by atoms with E-state index in [0.717, 1.165) is 0 Å². The summed E-state index contributed by atoms with van der Waals surface area (Å²) >= 11 is 2.60. The minimum absolute atomic E-state index is 0.0586. The van der Waals surface area contributed by atoms with Crippen LogP contribution in [0.2, 0.25) is 0 Å². The molecular weight excluding hydrogens is 406 g/mol. The summed E-state index contributed by atoms with van der Waals surface area (Å²) in [6.07, 6.45) is 0.529. The fraction of sp³-hybridized carbons (Fsp3) is 0.250. The van der Waals surface area contributed by atoms with Crippen LogP contribution in [-0.2, 0) is 9.53 Å². The van der Waals surface area contributed by atoms with E-state index in [4.69, 9.17) is 0 Å². The van der Waals surface area contributed by atoms with Crippen molar-refractivity contribution in [2.24, 2.45) is 5.92 Å². The molecule has 0 spiro atoms. The van der Waals surface area contributed by atoms with Gasteiger partial charge < -0.3 is 4.74 Å². The molecule has 0 bridgehead atoms. The van der Waals surface area contributed by atoms with Crippen molar-refractivity contribution < 1.29 is 27.9 Å². The number of thioether (sulfide) groups is 2. The Bertz CT molecular complexity index is 946. The van der Waals surface area contributed by atoms with Crippen LogP contribution in [0.3, 0.4) is 0 Å². The standard InChI is InChI=1S/C11H9FO3S.C9H7FOS/c1-15-11(14)7-5-16-10-6(9(7)13)3-2-4-8(10)12;10-7-3-1-2-6-8(11)4-5-12-9(6)7/h2-4,7H,5H2,1H3;1-3H,4-5H2. The summed E-state index contributed by atoms with van der Waals surface area (Å²) < 4.78 is 31.0. The minimum Gasteiger partial charge on any atom is -0.468 e. The first-order valence-electron chi connectivity index (χ1n) is 8.42. The lowest BCUT2D eigenvalue weighted by Crippen LogP contribution is -2.31. The van der Waals surface area contributed by atoms with Gasteiger partial charge in [0.15, 0.2) is 11.6 Å². The molecule has 0 fully saturated rings. The molecule has 1 atom stereocenters. The molecule has 2 aromatic rings. The van der Waals surface area contributed by atoms with E-state index < -0.39 is 17.7 Å². The van der Waals surface area contributed by atoms with Crippen LogP contribution in [0.25, 0.3) is 0 Å². The predicted octanol–water partition coefficient (Wildman–Crippen LogP) is 4.41. The van der Waals surface area contributed by atoms with Gasteiger partial charge in [-0.1, -0.05) is 24.3 Å². The van der Waals surface area contributed by atoms with Crippen LogP contribution in [-0.4, -0.2) is 36.2 Å². The third-order valence-electron chi connectivity index (χ3n) is 4.27. The Morgan fingerprint density at radius 1 is 1.00 bits per heavy atom. The number of ketones is 2. The number of ether oxygens (including phenoxy) is 1. The highest BCUT2D eigenvalue weighted by atomic mass is 32.2. The number of carbonyl (C=O) groups excluding carboxylic acids is 3. The van der Waals surface area contributed by atoms with E-state index in [-0.39, 0.29) is 28.7 Å². The maximum Gasteiger partial charge on any atom is 0.317 e. The highest BCUT2D eigenvalue weighted by Crippen LogP contribution is 2.35. The Morgan fingerprint density at radius 2 is 1.61 bits per heavy atom. The smallest absolute Gasteiger partial charge is 0.317 e. The van der Waals surface area contributed by atoms with Crippen molar-refractivity contribution in [2.75, 3.05) is 18.6 Å². The van der Waals surface area contributed by atoms with Crippen LogP contribution in [0.1, 0.15) is 27.1 Å². The van der Waals surface area contributed by atoms with Gasteiger partial charge in [0.2, 0.25) is 0 Å². The van der Waals surface area contributed by atoms with Gasteiger partial charge in [-0.2, -0.15) is 0 Å². The Morgan fingerprint density at radius 3 is 2.21 bits per heavy atom. The van der Waals surface area contributed by atoms with Gasteiger partial charge in [-0.15, -0.1) is 23.5 Å². The lowest BCUT2D eigenvalue weighted by atomic mass is 9.98. The van der Waals surface area contributed by atoms with Gasteiger partial charge in [0.1, 0.15) is 17.6 Å². The monoisotopic (exact) mass is 422 g/mol. The lowest BCUT2D eigenvalue weighted by Gasteiger charge is -2.20. The van der Waals surface area contributed by atoms with E-state index in [2.05, 4.69) is 4.74 Å². The van der Waals surface area contributed by atoms with Gasteiger partial charge in [0.05, 0.1) is 16.9 Å². The lowest BCUT2D eigenvalue weighted by molar-refractivity contribution is -0.142. The van der Waals surface area contributed by atoms with Crippen LogP contribution < -0.4 is 0 Å². The van der Waals surface area contributed by atoms with Crippen molar-refractivity contribution >= 4 is 41.1 Å². The number of halogens is 2. The molecular formula is C20H16F2O4S2. The molecule has 0 amide bonds. The summed E-state index contributed by atoms with van der Waals surface area (Å²) in [5.74, 6) is -1.43. The van der Waals surface area contributed by atoms with Crippen LogP contribution in [0, 0.1) is 17.6 Å². The molecule has 2 aliphatic rings. The second-order valence-electron chi connectivity index (χ2n) is 6.01. The number of hydrogen-bond acceptors (Lipinski definition) is 6. The van der Waals surface area contributed by atoms with E-state index in [0.29, 0.717) is 27.5 Å². The van der Waals surface area contributed by atoms with E-state index >= 15 is 0 Å². The average molecular weight is 422 g/mol. The summed E-state index contributed by atoms with van der Waals surface area (Å²) in [6.45, 7) is 0. The Labute approximate surface area is 169 Å². The van der Waals surface area contributed by atoms with Gasteiger partial charge in [-0.3, -0.25) is 14.4 Å². The third-order valence-corrected chi connectivity index (χ3v) is 6.59. The van der Waals surface area contributed by atoms with Crippen molar-refractivity contribution in [3.8, 4) is 0 Å². The Balaban J connectivity index is 0.000000167. The zero-order valence-corrected chi connectivity index (χ0v) is 16.5. The van der Waals surface area contributed by atoms with Crippen LogP contribution >= 0.6 is 23.5 Å². The highest BCUT2D eigenvalue weighted by molar-refractivity contribution is 7.99. The molecule has 8 heteroatoms. The summed E-state index contributed by atoms with van der Waals surface area (Å²) in [7, 11) is 1.24. The topological polar surface area (TPSA) is 60.4 Å². The maximum atomic E-state index is 13.4. The van der Waals surface area contributed by atoms with Crippen molar-refractivity contribution in [2.45, 2.75) is 16.2 Å². The van der Waals surface area contributed by atoms with Gasteiger partial charge in [-0.25, -0.2) is 8.78 Å². The van der Waals surface area contributed by atoms with E-state index in [1.165, 1.54) is 54.9 Å². The quantitative estimate of drug-likeness (QED) is 0.501. The first-order valence-corrected chi connectivity index (χ1v) is 10.4. The molecule has 0 saturated heterocycles. The molecule has 2 aliphatic heterocycles. The zero-order chi connectivity index (χ0) is 20.3. The number of benzene rings is 2. The number of fused-ring (bicyclic) bond motifs is 2. The van der Waals surface area contributed by atoms with Gasteiger partial charge in [-0.05, 0) is 12.1 Å². The first kappa shape index (κ1) is 20.5. The molecule has 0 radical (unpaired) electrons. The molecule has 2 heterocycles. The van der Waals surface area contributed by atoms with E-state index in [9.17, 15) is 23.2 Å². The largest absolute Gasteiger partial charge is 0.468 e. The van der Waals surface area contributed by atoms with Crippen LogP contribution in [0.5, 0.6) is 0 Å². The molecule has 0 saturated carbocycles. The van der Waals surface area contributed by atoms with Crippen molar-refractivity contribution in [1.82, 2.24) is 0 Å². The number of rotatable bonds is 1. The molecule has 28 heavy (non-hydrogen) atoms. The molecule has 0 N–H and O–H groups in total. The fourth-order valence-corrected chi connectivity index (χ4v) is 5.04. The van der Waals surface area contributed by atoms with Crippen LogP contribution in [0.4, 0.5) is 8.78 Å². The summed E-state index contributed by atoms with van der Waals surface area (Å²) in [5.41, 5.74) is 0.818. The van der Waals surface area contributed by atoms with E-state index in [1.807, 2.05) is 0 Å². The fourth-order valence-electron chi connectivity index (χ4n) is 2.85. The molecule has 0 aromatic heterocycles. The normalized spacial score (nSPS) is 17.8. The SMILES string of the molecule is COC(=O)C1CSc2c(F)cccc2C1=O.O=C1CCSc2c(F)cccc21. The summed E-state index contributed by atoms with van der Waals surface area (Å²) in [4.78, 5) is 35.3. The summed E-state index contributed by atoms with van der Waals surface area (Å²) in [5, 5.41) is 0. The second-order valence-corrected chi connectivity index (χ2v) is 8.14. The van der Waals surface area contributed by atoms with Gasteiger partial charge >= 0.3 is 5.97 Å². The highest BCUT2D eigenvalue weighted by Gasteiger charge is 2.35. The Hall–Kier alpha value is -2.19. The first-order chi connectivity index (χ1) is 13.4. The molecule has 0 aliphatic carbocycles. The minimum atomic E-state index is -0.815.